The van der Waals surface area contributed by atoms with Gasteiger partial charge < -0.3 is 5.32 Å². The molecule has 1 N–H and O–H groups in total. The predicted molar refractivity (Wildman–Crippen MR) is 100 cm³/mol. The van der Waals surface area contributed by atoms with E-state index in [1.54, 1.807) is 18.2 Å². The van der Waals surface area contributed by atoms with E-state index in [1.807, 2.05) is 11.6 Å². The first-order valence-electron chi connectivity index (χ1n) is 8.25. The molecule has 1 heterocycles. The molecule has 0 spiro atoms. The minimum absolute atomic E-state index is 0.174. The summed E-state index contributed by atoms with van der Waals surface area (Å²) in [4.78, 5) is 12.5. The second-order valence-corrected chi connectivity index (χ2v) is 8.22. The number of benzene rings is 1. The fourth-order valence-electron chi connectivity index (χ4n) is 2.86. The van der Waals surface area contributed by atoms with Crippen LogP contribution in [0.25, 0.3) is 0 Å². The minimum Gasteiger partial charge on any atom is -0.324 e. The van der Waals surface area contributed by atoms with Gasteiger partial charge in [-0.3, -0.25) is 4.79 Å². The zero-order valence-corrected chi connectivity index (χ0v) is 16.1. The monoisotopic (exact) mass is 399 g/mol. The van der Waals surface area contributed by atoms with Crippen molar-refractivity contribution in [1.82, 2.24) is 20.2 Å². The number of thioether (sulfide) groups is 1. The lowest BCUT2D eigenvalue weighted by molar-refractivity contribution is -0.115. The average molecular weight is 400 g/mol. The molecule has 1 amide bonds. The van der Waals surface area contributed by atoms with Crippen molar-refractivity contribution in [3.8, 4) is 0 Å². The fourth-order valence-corrected chi connectivity index (χ4v) is 4.05. The number of rotatable bonds is 5. The van der Waals surface area contributed by atoms with E-state index in [0.29, 0.717) is 26.9 Å². The summed E-state index contributed by atoms with van der Waals surface area (Å²) in [5.41, 5.74) is 0.499. The molecule has 1 aromatic carbocycles. The number of aromatic nitrogens is 4. The van der Waals surface area contributed by atoms with Crippen molar-refractivity contribution < 1.29 is 4.79 Å². The molecule has 6 nitrogen and oxygen atoms in total. The van der Waals surface area contributed by atoms with Crippen LogP contribution in [0, 0.1) is 0 Å². The molecule has 134 valence electrons. The molecule has 1 saturated carbocycles. The van der Waals surface area contributed by atoms with Crippen LogP contribution in [-0.2, 0) is 4.79 Å². The SMILES string of the molecule is CC(Sc1nnnn1C1CCCCC1)C(=O)Nc1cc(Cl)ccc1Cl. The van der Waals surface area contributed by atoms with Crippen LogP contribution in [-0.4, -0.2) is 31.4 Å². The molecule has 0 aliphatic heterocycles. The molecule has 3 rings (SSSR count). The summed E-state index contributed by atoms with van der Waals surface area (Å²) in [5, 5.41) is 16.1. The van der Waals surface area contributed by atoms with Gasteiger partial charge in [-0.1, -0.05) is 54.2 Å². The van der Waals surface area contributed by atoms with Gasteiger partial charge in [-0.2, -0.15) is 0 Å². The zero-order chi connectivity index (χ0) is 17.8. The second-order valence-electron chi connectivity index (χ2n) is 6.07. The largest absolute Gasteiger partial charge is 0.324 e. The van der Waals surface area contributed by atoms with Gasteiger partial charge in [0.25, 0.3) is 0 Å². The number of hydrogen-bond acceptors (Lipinski definition) is 5. The Bertz CT molecular complexity index is 748. The van der Waals surface area contributed by atoms with Crippen molar-refractivity contribution in [2.75, 3.05) is 5.32 Å². The van der Waals surface area contributed by atoms with Crippen molar-refractivity contribution in [2.45, 2.75) is 55.5 Å². The van der Waals surface area contributed by atoms with E-state index >= 15 is 0 Å². The number of anilines is 1. The van der Waals surface area contributed by atoms with Gasteiger partial charge in [-0.15, -0.1) is 5.10 Å². The van der Waals surface area contributed by atoms with E-state index in [1.165, 1.54) is 31.0 Å². The number of nitrogens with one attached hydrogen (secondary N) is 1. The van der Waals surface area contributed by atoms with Gasteiger partial charge in [0.15, 0.2) is 0 Å². The van der Waals surface area contributed by atoms with Gasteiger partial charge in [-0.25, -0.2) is 4.68 Å². The van der Waals surface area contributed by atoms with Crippen molar-refractivity contribution in [3.63, 3.8) is 0 Å². The Labute approximate surface area is 160 Å². The quantitative estimate of drug-likeness (QED) is 0.743. The third kappa shape index (κ3) is 4.65. The zero-order valence-electron chi connectivity index (χ0n) is 13.8. The maximum atomic E-state index is 12.5. The van der Waals surface area contributed by atoms with Crippen LogP contribution in [0.15, 0.2) is 23.4 Å². The Morgan fingerprint density at radius 2 is 2.08 bits per heavy atom. The predicted octanol–water partition coefficient (Wildman–Crippen LogP) is 4.60. The highest BCUT2D eigenvalue weighted by Gasteiger charge is 2.24. The molecular formula is C16H19Cl2N5OS. The van der Waals surface area contributed by atoms with Gasteiger partial charge in [0, 0.05) is 5.02 Å². The van der Waals surface area contributed by atoms with Gasteiger partial charge in [0.05, 0.1) is 22.0 Å². The highest BCUT2D eigenvalue weighted by molar-refractivity contribution is 8.00. The number of carbonyl (C=O) groups excluding carboxylic acids is 1. The normalized spacial score (nSPS) is 16.6. The van der Waals surface area contributed by atoms with Gasteiger partial charge in [-0.05, 0) is 48.4 Å². The van der Waals surface area contributed by atoms with Crippen LogP contribution in [0.1, 0.15) is 45.1 Å². The summed E-state index contributed by atoms with van der Waals surface area (Å²) in [6.07, 6.45) is 5.81. The summed E-state index contributed by atoms with van der Waals surface area (Å²) < 4.78 is 1.86. The van der Waals surface area contributed by atoms with Crippen molar-refractivity contribution in [3.05, 3.63) is 28.2 Å². The van der Waals surface area contributed by atoms with Crippen LogP contribution >= 0.6 is 35.0 Å². The van der Waals surface area contributed by atoms with Crippen LogP contribution < -0.4 is 5.32 Å². The first-order chi connectivity index (χ1) is 12.0. The number of tetrazole rings is 1. The molecule has 1 unspecified atom stereocenters. The molecule has 1 aliphatic carbocycles. The molecule has 1 aromatic heterocycles. The summed E-state index contributed by atoms with van der Waals surface area (Å²) in [6.45, 7) is 1.82. The Kier molecular flexibility index (Phi) is 6.19. The smallest absolute Gasteiger partial charge is 0.237 e. The lowest BCUT2D eigenvalue weighted by Crippen LogP contribution is -2.24. The van der Waals surface area contributed by atoms with E-state index in [4.69, 9.17) is 23.2 Å². The highest BCUT2D eigenvalue weighted by atomic mass is 35.5. The van der Waals surface area contributed by atoms with E-state index in [9.17, 15) is 4.79 Å². The number of nitrogens with zero attached hydrogens (tertiary/aromatic N) is 4. The summed E-state index contributed by atoms with van der Waals surface area (Å²) in [6, 6.07) is 5.28. The fraction of sp³-hybridized carbons (Fsp3) is 0.500. The Morgan fingerprint density at radius 1 is 1.32 bits per heavy atom. The van der Waals surface area contributed by atoms with Gasteiger partial charge in [0.1, 0.15) is 0 Å². The minimum atomic E-state index is -0.372. The Morgan fingerprint density at radius 3 is 2.84 bits per heavy atom. The maximum Gasteiger partial charge on any atom is 0.237 e. The van der Waals surface area contributed by atoms with Crippen LogP contribution in [0.4, 0.5) is 5.69 Å². The van der Waals surface area contributed by atoms with Crippen LogP contribution in [0.2, 0.25) is 10.0 Å². The van der Waals surface area contributed by atoms with Crippen molar-refractivity contribution in [1.29, 1.82) is 0 Å². The molecule has 9 heteroatoms. The van der Waals surface area contributed by atoms with Crippen LogP contribution in [0.3, 0.4) is 0 Å². The number of hydrogen-bond donors (Lipinski definition) is 1. The van der Waals surface area contributed by atoms with E-state index < -0.39 is 0 Å². The highest BCUT2D eigenvalue weighted by Crippen LogP contribution is 2.32. The number of carbonyl (C=O) groups is 1. The van der Waals surface area contributed by atoms with Crippen LogP contribution in [0.5, 0.6) is 0 Å². The molecule has 0 bridgehead atoms. The molecular weight excluding hydrogens is 381 g/mol. The first-order valence-corrected chi connectivity index (χ1v) is 9.88. The van der Waals surface area contributed by atoms with E-state index in [-0.39, 0.29) is 11.2 Å². The molecule has 25 heavy (non-hydrogen) atoms. The van der Waals surface area contributed by atoms with E-state index in [2.05, 4.69) is 20.8 Å². The molecule has 0 saturated heterocycles. The van der Waals surface area contributed by atoms with Gasteiger partial charge in [0.2, 0.25) is 11.1 Å². The summed E-state index contributed by atoms with van der Waals surface area (Å²) in [5.74, 6) is -0.174. The van der Waals surface area contributed by atoms with Crippen molar-refractivity contribution >= 4 is 46.6 Å². The molecule has 1 fully saturated rings. The topological polar surface area (TPSA) is 72.7 Å². The first kappa shape index (κ1) is 18.5. The average Bonchev–Trinajstić information content (AvgIpc) is 3.07. The standard InChI is InChI=1S/C16H19Cl2N5OS/c1-10(15(24)19-14-9-11(17)7-8-13(14)18)25-16-20-21-22-23(16)12-5-3-2-4-6-12/h7-10,12H,2-6H2,1H3,(H,19,24). The number of halogens is 2. The Balaban J connectivity index is 1.66. The van der Waals surface area contributed by atoms with Gasteiger partial charge >= 0.3 is 0 Å². The number of amides is 1. The summed E-state index contributed by atoms with van der Waals surface area (Å²) >= 11 is 13.4. The maximum absolute atomic E-state index is 12.5. The molecule has 2 aromatic rings. The Hall–Kier alpha value is -1.31. The third-order valence-electron chi connectivity index (χ3n) is 4.22. The lowest BCUT2D eigenvalue weighted by Gasteiger charge is -2.22. The second kappa shape index (κ2) is 8.38. The molecule has 1 aliphatic rings. The lowest BCUT2D eigenvalue weighted by atomic mass is 9.96. The third-order valence-corrected chi connectivity index (χ3v) is 5.83. The molecule has 0 radical (unpaired) electrons. The summed E-state index contributed by atoms with van der Waals surface area (Å²) in [7, 11) is 0. The molecule has 1 atom stereocenters. The van der Waals surface area contributed by atoms with E-state index in [0.717, 1.165) is 12.8 Å². The van der Waals surface area contributed by atoms with Crippen molar-refractivity contribution in [2.24, 2.45) is 0 Å².